The van der Waals surface area contributed by atoms with Crippen molar-refractivity contribution >= 4 is 23.2 Å². The number of benzene rings is 1. The van der Waals surface area contributed by atoms with E-state index >= 15 is 0 Å². The van der Waals surface area contributed by atoms with Gasteiger partial charge in [-0.1, -0.05) is 50.1 Å². The standard InChI is InChI=1S/C16H21ClN2O3/c17-15-11-13(19(21)22)7-8-14(15)16(20)18-10-9-12-5-3-1-2-4-6-12/h7-8,11-12H,1-6,9-10H2,(H,18,20). The van der Waals surface area contributed by atoms with Gasteiger partial charge < -0.3 is 5.32 Å². The van der Waals surface area contributed by atoms with Crippen molar-refractivity contribution in [3.05, 3.63) is 38.9 Å². The molecule has 2 rings (SSSR count). The maximum absolute atomic E-state index is 12.1. The molecular formula is C16H21ClN2O3. The van der Waals surface area contributed by atoms with Gasteiger partial charge in [0.15, 0.2) is 0 Å². The zero-order valence-electron chi connectivity index (χ0n) is 12.5. The van der Waals surface area contributed by atoms with Crippen LogP contribution in [-0.4, -0.2) is 17.4 Å². The van der Waals surface area contributed by atoms with Crippen LogP contribution in [0.15, 0.2) is 18.2 Å². The Labute approximate surface area is 135 Å². The van der Waals surface area contributed by atoms with Crippen molar-refractivity contribution in [3.63, 3.8) is 0 Å². The largest absolute Gasteiger partial charge is 0.352 e. The van der Waals surface area contributed by atoms with Crippen LogP contribution in [0.2, 0.25) is 5.02 Å². The highest BCUT2D eigenvalue weighted by molar-refractivity contribution is 6.34. The molecule has 5 nitrogen and oxygen atoms in total. The summed E-state index contributed by atoms with van der Waals surface area (Å²) in [4.78, 5) is 22.2. The van der Waals surface area contributed by atoms with Crippen LogP contribution in [0.3, 0.4) is 0 Å². The second kappa shape index (κ2) is 8.13. The predicted octanol–water partition coefficient (Wildman–Crippen LogP) is 4.34. The molecule has 0 atom stereocenters. The SMILES string of the molecule is O=C(NCCC1CCCCCC1)c1ccc([N+](=O)[O-])cc1Cl. The van der Waals surface area contributed by atoms with Gasteiger partial charge in [-0.05, 0) is 18.4 Å². The van der Waals surface area contributed by atoms with Crippen LogP contribution < -0.4 is 5.32 Å². The second-order valence-corrected chi connectivity index (χ2v) is 6.23. The summed E-state index contributed by atoms with van der Waals surface area (Å²) in [5.41, 5.74) is 0.174. The molecule has 1 saturated carbocycles. The van der Waals surface area contributed by atoms with Crippen molar-refractivity contribution < 1.29 is 9.72 Å². The third-order valence-corrected chi connectivity index (χ3v) is 4.53. The van der Waals surface area contributed by atoms with Crippen molar-refractivity contribution in [2.45, 2.75) is 44.9 Å². The van der Waals surface area contributed by atoms with Crippen LogP contribution in [-0.2, 0) is 0 Å². The van der Waals surface area contributed by atoms with E-state index in [1.807, 2.05) is 0 Å². The van der Waals surface area contributed by atoms with E-state index in [1.54, 1.807) is 0 Å². The molecule has 6 heteroatoms. The van der Waals surface area contributed by atoms with E-state index in [9.17, 15) is 14.9 Å². The fourth-order valence-electron chi connectivity index (χ4n) is 2.94. The van der Waals surface area contributed by atoms with Gasteiger partial charge in [0.2, 0.25) is 0 Å². The summed E-state index contributed by atoms with van der Waals surface area (Å²) in [6.45, 7) is 0.622. The van der Waals surface area contributed by atoms with Gasteiger partial charge in [-0.3, -0.25) is 14.9 Å². The molecule has 0 heterocycles. The predicted molar refractivity (Wildman–Crippen MR) is 86.2 cm³/mol. The van der Waals surface area contributed by atoms with Crippen LogP contribution in [0.1, 0.15) is 55.3 Å². The molecule has 1 N–H and O–H groups in total. The van der Waals surface area contributed by atoms with Crippen LogP contribution in [0.4, 0.5) is 5.69 Å². The molecule has 0 saturated heterocycles. The monoisotopic (exact) mass is 324 g/mol. The number of carbonyl (C=O) groups is 1. The number of nitrogens with zero attached hydrogens (tertiary/aromatic N) is 1. The highest BCUT2D eigenvalue weighted by atomic mass is 35.5. The maximum atomic E-state index is 12.1. The van der Waals surface area contributed by atoms with Crippen molar-refractivity contribution in [3.8, 4) is 0 Å². The quantitative estimate of drug-likeness (QED) is 0.497. The molecule has 120 valence electrons. The number of non-ortho nitro benzene ring substituents is 1. The summed E-state index contributed by atoms with van der Waals surface area (Å²) < 4.78 is 0. The number of amides is 1. The lowest BCUT2D eigenvalue weighted by atomic mass is 9.97. The molecule has 1 aliphatic carbocycles. The summed E-state index contributed by atoms with van der Waals surface area (Å²) in [7, 11) is 0. The highest BCUT2D eigenvalue weighted by Crippen LogP contribution is 2.25. The fraction of sp³-hybridized carbons (Fsp3) is 0.562. The number of nitro benzene ring substituents is 1. The Hall–Kier alpha value is -1.62. The molecule has 1 aromatic carbocycles. The lowest BCUT2D eigenvalue weighted by Crippen LogP contribution is -2.26. The number of carbonyl (C=O) groups excluding carboxylic acids is 1. The smallest absolute Gasteiger partial charge is 0.270 e. The van der Waals surface area contributed by atoms with Crippen molar-refractivity contribution in [1.29, 1.82) is 0 Å². The molecule has 0 radical (unpaired) electrons. The normalized spacial score (nSPS) is 16.0. The molecule has 1 aromatic rings. The number of hydrogen-bond acceptors (Lipinski definition) is 3. The molecule has 0 spiro atoms. The maximum Gasteiger partial charge on any atom is 0.270 e. The summed E-state index contributed by atoms with van der Waals surface area (Å²) >= 11 is 5.95. The van der Waals surface area contributed by atoms with Crippen molar-refractivity contribution in [2.75, 3.05) is 6.54 Å². The Kier molecular flexibility index (Phi) is 6.19. The number of hydrogen-bond donors (Lipinski definition) is 1. The first-order valence-electron chi connectivity index (χ1n) is 7.80. The van der Waals surface area contributed by atoms with E-state index in [1.165, 1.54) is 56.7 Å². The summed E-state index contributed by atoms with van der Waals surface area (Å²) in [6.07, 6.45) is 8.68. The number of halogens is 1. The van der Waals surface area contributed by atoms with E-state index in [4.69, 9.17) is 11.6 Å². The Balaban J connectivity index is 1.85. The molecule has 1 amide bonds. The first kappa shape index (κ1) is 16.7. The van der Waals surface area contributed by atoms with Crippen molar-refractivity contribution in [1.82, 2.24) is 5.32 Å². The molecule has 1 aliphatic rings. The third-order valence-electron chi connectivity index (χ3n) is 4.22. The molecule has 0 aromatic heterocycles. The summed E-state index contributed by atoms with van der Waals surface area (Å²) in [6, 6.07) is 3.91. The Morgan fingerprint density at radius 2 is 1.95 bits per heavy atom. The fourth-order valence-corrected chi connectivity index (χ4v) is 3.20. The van der Waals surface area contributed by atoms with E-state index in [2.05, 4.69) is 5.32 Å². The Morgan fingerprint density at radius 3 is 2.55 bits per heavy atom. The van der Waals surface area contributed by atoms with Crippen LogP contribution in [0, 0.1) is 16.0 Å². The summed E-state index contributed by atoms with van der Waals surface area (Å²) in [5, 5.41) is 13.6. The van der Waals surface area contributed by atoms with E-state index in [0.717, 1.165) is 6.42 Å². The van der Waals surface area contributed by atoms with Gasteiger partial charge in [-0.15, -0.1) is 0 Å². The average molecular weight is 325 g/mol. The van der Waals surface area contributed by atoms with Gasteiger partial charge in [0.1, 0.15) is 0 Å². The number of rotatable bonds is 5. The molecule has 0 unspecified atom stereocenters. The summed E-state index contributed by atoms with van der Waals surface area (Å²) in [5.74, 6) is 0.420. The van der Waals surface area contributed by atoms with Crippen molar-refractivity contribution in [2.24, 2.45) is 5.92 Å². The van der Waals surface area contributed by atoms with E-state index < -0.39 is 4.92 Å². The number of nitrogens with one attached hydrogen (secondary N) is 1. The van der Waals surface area contributed by atoms with Crippen LogP contribution in [0.5, 0.6) is 0 Å². The lowest BCUT2D eigenvalue weighted by Gasteiger charge is -2.14. The topological polar surface area (TPSA) is 72.2 Å². The number of nitro groups is 1. The van der Waals surface area contributed by atoms with Gasteiger partial charge in [-0.2, -0.15) is 0 Å². The second-order valence-electron chi connectivity index (χ2n) is 5.82. The Bertz CT molecular complexity index is 540. The lowest BCUT2D eigenvalue weighted by molar-refractivity contribution is -0.384. The van der Waals surface area contributed by atoms with Gasteiger partial charge in [0.05, 0.1) is 15.5 Å². The van der Waals surface area contributed by atoms with E-state index in [0.29, 0.717) is 12.5 Å². The van der Waals surface area contributed by atoms with Gasteiger partial charge in [-0.25, -0.2) is 0 Å². The van der Waals surface area contributed by atoms with Crippen LogP contribution >= 0.6 is 11.6 Å². The van der Waals surface area contributed by atoms with Gasteiger partial charge >= 0.3 is 0 Å². The van der Waals surface area contributed by atoms with Gasteiger partial charge in [0, 0.05) is 18.7 Å². The van der Waals surface area contributed by atoms with Crippen LogP contribution in [0.25, 0.3) is 0 Å². The first-order valence-corrected chi connectivity index (χ1v) is 8.18. The van der Waals surface area contributed by atoms with E-state index in [-0.39, 0.29) is 22.2 Å². The molecule has 0 bridgehead atoms. The molecule has 1 fully saturated rings. The molecule has 22 heavy (non-hydrogen) atoms. The Morgan fingerprint density at radius 1 is 1.27 bits per heavy atom. The minimum Gasteiger partial charge on any atom is -0.352 e. The molecule has 0 aliphatic heterocycles. The average Bonchev–Trinajstić information content (AvgIpc) is 2.75. The van der Waals surface area contributed by atoms with Gasteiger partial charge in [0.25, 0.3) is 11.6 Å². The minimum atomic E-state index is -0.528. The first-order chi connectivity index (χ1) is 10.6. The zero-order valence-corrected chi connectivity index (χ0v) is 13.3. The highest BCUT2D eigenvalue weighted by Gasteiger charge is 2.16. The minimum absolute atomic E-state index is 0.111. The zero-order chi connectivity index (χ0) is 15.9. The third kappa shape index (κ3) is 4.70. The molecular weight excluding hydrogens is 304 g/mol.